The quantitative estimate of drug-likeness (QED) is 0.663. The van der Waals surface area contributed by atoms with Crippen molar-refractivity contribution in [2.75, 3.05) is 20.8 Å². The molecule has 1 unspecified atom stereocenters. The molecule has 114 valence electrons. The van der Waals surface area contributed by atoms with E-state index in [0.717, 1.165) is 12.1 Å². The highest BCUT2D eigenvalue weighted by Gasteiger charge is 2.22. The number of methoxy groups -OCH3 is 2. The lowest BCUT2D eigenvalue weighted by atomic mass is 10.00. The molecule has 2 rings (SSSR count). The third-order valence-electron chi connectivity index (χ3n) is 3.16. The number of thiophene rings is 1. The minimum absolute atomic E-state index is 0.0492. The summed E-state index contributed by atoms with van der Waals surface area (Å²) in [6.45, 7) is 2.94. The van der Waals surface area contributed by atoms with Crippen molar-refractivity contribution in [3.8, 4) is 11.5 Å². The number of hydrogen-bond donors (Lipinski definition) is 1. The molecule has 0 bridgehead atoms. The summed E-state index contributed by atoms with van der Waals surface area (Å²) in [5.41, 5.74) is 2.23. The normalized spacial score (nSPS) is 12.2. The average Bonchev–Trinajstić information content (AvgIpc) is 2.91. The van der Waals surface area contributed by atoms with Gasteiger partial charge in [0.05, 0.1) is 23.1 Å². The van der Waals surface area contributed by atoms with Gasteiger partial charge in [0.1, 0.15) is 16.5 Å². The van der Waals surface area contributed by atoms with Gasteiger partial charge in [-0.1, -0.05) is 18.5 Å². The number of nitrogens with one attached hydrogen (secondary N) is 1. The first-order valence-electron chi connectivity index (χ1n) is 6.50. The van der Waals surface area contributed by atoms with Crippen molar-refractivity contribution in [1.82, 2.24) is 5.32 Å². The molecule has 3 nitrogen and oxygen atoms in total. The van der Waals surface area contributed by atoms with Crippen LogP contribution in [0.5, 0.6) is 11.5 Å². The minimum Gasteiger partial charge on any atom is -0.495 e. The Kier molecular flexibility index (Phi) is 6.16. The summed E-state index contributed by atoms with van der Waals surface area (Å²) in [7, 11) is 3.23. The summed E-state index contributed by atoms with van der Waals surface area (Å²) in [6, 6.07) is 6.10. The molecule has 0 saturated heterocycles. The molecular formula is C15H17ClINO2S. The fraction of sp³-hybridized carbons (Fsp3) is 0.333. The van der Waals surface area contributed by atoms with E-state index < -0.39 is 0 Å². The van der Waals surface area contributed by atoms with Crippen molar-refractivity contribution < 1.29 is 9.47 Å². The highest BCUT2D eigenvalue weighted by molar-refractivity contribution is 14.1. The molecule has 0 amide bonds. The zero-order valence-corrected chi connectivity index (χ0v) is 15.8. The predicted molar refractivity (Wildman–Crippen MR) is 97.1 cm³/mol. The van der Waals surface area contributed by atoms with Crippen LogP contribution < -0.4 is 14.8 Å². The van der Waals surface area contributed by atoms with Gasteiger partial charge in [-0.15, -0.1) is 11.3 Å². The fourth-order valence-electron chi connectivity index (χ4n) is 2.23. The van der Waals surface area contributed by atoms with Gasteiger partial charge in [-0.2, -0.15) is 0 Å². The van der Waals surface area contributed by atoms with Gasteiger partial charge in [0.15, 0.2) is 0 Å². The molecule has 0 spiro atoms. The van der Waals surface area contributed by atoms with E-state index in [2.05, 4.69) is 46.3 Å². The largest absolute Gasteiger partial charge is 0.495 e. The van der Waals surface area contributed by atoms with Crippen LogP contribution >= 0.6 is 45.5 Å². The number of halogens is 2. The van der Waals surface area contributed by atoms with Crippen molar-refractivity contribution in [2.24, 2.45) is 0 Å². The van der Waals surface area contributed by atoms with Crippen LogP contribution in [0, 0.1) is 2.88 Å². The van der Waals surface area contributed by atoms with Crippen molar-refractivity contribution in [3.05, 3.63) is 42.6 Å². The number of hydrogen-bond acceptors (Lipinski definition) is 4. The van der Waals surface area contributed by atoms with Crippen LogP contribution in [0.3, 0.4) is 0 Å². The Balaban J connectivity index is 2.52. The SMILES string of the molecule is CCNC(c1csc(I)c1)c1ccc(OC)c(Cl)c1OC. The molecule has 1 N–H and O–H groups in total. The second kappa shape index (κ2) is 7.67. The number of ether oxygens (including phenoxy) is 2. The van der Waals surface area contributed by atoms with Crippen LogP contribution in [-0.4, -0.2) is 20.8 Å². The smallest absolute Gasteiger partial charge is 0.146 e. The van der Waals surface area contributed by atoms with Gasteiger partial charge >= 0.3 is 0 Å². The van der Waals surface area contributed by atoms with Crippen LogP contribution in [0.4, 0.5) is 0 Å². The number of benzene rings is 1. The molecule has 0 saturated carbocycles. The van der Waals surface area contributed by atoms with Crippen molar-refractivity contribution in [1.29, 1.82) is 0 Å². The van der Waals surface area contributed by atoms with Crippen molar-refractivity contribution in [3.63, 3.8) is 0 Å². The first kappa shape index (κ1) is 16.9. The summed E-state index contributed by atoms with van der Waals surface area (Å²) in [5, 5.41) is 6.16. The molecule has 1 heterocycles. The van der Waals surface area contributed by atoms with Crippen LogP contribution in [0.1, 0.15) is 24.1 Å². The Hall–Kier alpha value is -0.500. The van der Waals surface area contributed by atoms with E-state index in [1.165, 1.54) is 8.45 Å². The minimum atomic E-state index is 0.0492. The topological polar surface area (TPSA) is 30.5 Å². The van der Waals surface area contributed by atoms with Gasteiger partial charge in [0.25, 0.3) is 0 Å². The third kappa shape index (κ3) is 3.64. The maximum Gasteiger partial charge on any atom is 0.146 e. The maximum atomic E-state index is 6.37. The summed E-state index contributed by atoms with van der Waals surface area (Å²) in [6.07, 6.45) is 0. The van der Waals surface area contributed by atoms with Gasteiger partial charge in [-0.3, -0.25) is 0 Å². The lowest BCUT2D eigenvalue weighted by molar-refractivity contribution is 0.388. The van der Waals surface area contributed by atoms with Crippen molar-refractivity contribution in [2.45, 2.75) is 13.0 Å². The first-order chi connectivity index (χ1) is 10.1. The van der Waals surface area contributed by atoms with E-state index in [4.69, 9.17) is 21.1 Å². The zero-order chi connectivity index (χ0) is 15.4. The van der Waals surface area contributed by atoms with Gasteiger partial charge in [-0.25, -0.2) is 0 Å². The van der Waals surface area contributed by atoms with Crippen LogP contribution in [-0.2, 0) is 0 Å². The Labute approximate surface area is 147 Å². The second-order valence-corrected chi connectivity index (χ2v) is 7.56. The van der Waals surface area contributed by atoms with Crippen LogP contribution in [0.25, 0.3) is 0 Å². The van der Waals surface area contributed by atoms with Gasteiger partial charge in [0, 0.05) is 5.56 Å². The molecule has 1 aromatic carbocycles. The highest BCUT2D eigenvalue weighted by Crippen LogP contribution is 2.41. The zero-order valence-electron chi connectivity index (χ0n) is 12.1. The predicted octanol–water partition coefficient (Wildman–Crippen LogP) is 4.72. The Morgan fingerprint density at radius 3 is 2.62 bits per heavy atom. The lowest BCUT2D eigenvalue weighted by Gasteiger charge is -2.21. The second-order valence-electron chi connectivity index (χ2n) is 4.38. The van der Waals surface area contributed by atoms with Gasteiger partial charge in [0.2, 0.25) is 0 Å². The molecule has 1 atom stereocenters. The molecule has 6 heteroatoms. The molecule has 0 aliphatic rings. The van der Waals surface area contributed by atoms with Crippen LogP contribution in [0.15, 0.2) is 23.6 Å². The maximum absolute atomic E-state index is 6.37. The van der Waals surface area contributed by atoms with Gasteiger partial charge < -0.3 is 14.8 Å². The third-order valence-corrected chi connectivity index (χ3v) is 5.32. The van der Waals surface area contributed by atoms with Crippen molar-refractivity contribution >= 4 is 45.5 Å². The molecule has 1 aromatic heterocycles. The monoisotopic (exact) mass is 437 g/mol. The summed E-state index contributed by atoms with van der Waals surface area (Å²) >= 11 is 10.4. The van der Waals surface area contributed by atoms with E-state index in [-0.39, 0.29) is 6.04 Å². The Morgan fingerprint density at radius 2 is 2.10 bits per heavy atom. The molecule has 0 aliphatic carbocycles. The van der Waals surface area contributed by atoms with E-state index in [1.807, 2.05) is 12.1 Å². The standard InChI is InChI=1S/C15H17ClINO2S/c1-4-18-14(9-7-12(17)21-8-9)10-5-6-11(19-2)13(16)15(10)20-3/h5-8,14,18H,4H2,1-3H3. The molecule has 0 fully saturated rings. The number of rotatable bonds is 6. The molecular weight excluding hydrogens is 421 g/mol. The van der Waals surface area contributed by atoms with E-state index in [9.17, 15) is 0 Å². The van der Waals surface area contributed by atoms with Crippen LogP contribution in [0.2, 0.25) is 5.02 Å². The summed E-state index contributed by atoms with van der Waals surface area (Å²) in [5.74, 6) is 1.27. The molecule has 2 aromatic rings. The highest BCUT2D eigenvalue weighted by atomic mass is 127. The van der Waals surface area contributed by atoms with Gasteiger partial charge in [-0.05, 0) is 58.3 Å². The van der Waals surface area contributed by atoms with E-state index >= 15 is 0 Å². The molecule has 21 heavy (non-hydrogen) atoms. The Morgan fingerprint density at radius 1 is 1.33 bits per heavy atom. The molecule has 0 aliphatic heterocycles. The fourth-order valence-corrected chi connectivity index (χ4v) is 3.96. The first-order valence-corrected chi connectivity index (χ1v) is 8.83. The average molecular weight is 438 g/mol. The lowest BCUT2D eigenvalue weighted by Crippen LogP contribution is -2.22. The van der Waals surface area contributed by atoms with E-state index in [0.29, 0.717) is 16.5 Å². The van der Waals surface area contributed by atoms with E-state index in [1.54, 1.807) is 25.6 Å². The molecule has 0 radical (unpaired) electrons. The Bertz CT molecular complexity index is 618. The summed E-state index contributed by atoms with van der Waals surface area (Å²) < 4.78 is 12.0. The summed E-state index contributed by atoms with van der Waals surface area (Å²) in [4.78, 5) is 0.